The van der Waals surface area contributed by atoms with Crippen LogP contribution in [0.25, 0.3) is 5.57 Å². The fraction of sp³-hybridized carbons (Fsp3) is 0.333. The van der Waals surface area contributed by atoms with Crippen molar-refractivity contribution in [1.82, 2.24) is 0 Å². The minimum atomic E-state index is -0.898. The molecule has 0 unspecified atom stereocenters. The highest BCUT2D eigenvalue weighted by Gasteiger charge is 2.40. The summed E-state index contributed by atoms with van der Waals surface area (Å²) >= 11 is 0. The molecule has 2 atom stereocenters. The van der Waals surface area contributed by atoms with Crippen molar-refractivity contribution in [3.8, 4) is 17.2 Å². The van der Waals surface area contributed by atoms with Crippen LogP contribution in [-0.4, -0.2) is 39.7 Å². The van der Waals surface area contributed by atoms with E-state index in [0.717, 1.165) is 22.4 Å². The molecule has 0 bridgehead atoms. The molecule has 1 aliphatic rings. The normalized spacial score (nSPS) is 18.4. The molecular weight excluding hydrogens is 384 g/mol. The van der Waals surface area contributed by atoms with Gasteiger partial charge in [-0.2, -0.15) is 0 Å². The van der Waals surface area contributed by atoms with Crippen molar-refractivity contribution in [2.24, 2.45) is 5.92 Å². The number of hydrogen-bond donors (Lipinski definition) is 0. The molecule has 0 aliphatic heterocycles. The van der Waals surface area contributed by atoms with Gasteiger partial charge < -0.3 is 18.9 Å². The van der Waals surface area contributed by atoms with E-state index < -0.39 is 11.9 Å². The zero-order valence-corrected chi connectivity index (χ0v) is 17.6. The molecule has 0 saturated heterocycles. The second kappa shape index (κ2) is 9.48. The van der Waals surface area contributed by atoms with Crippen LogP contribution < -0.4 is 14.2 Å². The lowest BCUT2D eigenvalue weighted by molar-refractivity contribution is -0.151. The Hall–Kier alpha value is -3.28. The van der Waals surface area contributed by atoms with E-state index in [4.69, 9.17) is 18.9 Å². The molecule has 6 nitrogen and oxygen atoms in total. The number of ketones is 1. The van der Waals surface area contributed by atoms with Crippen LogP contribution in [0.15, 0.2) is 48.5 Å². The summed E-state index contributed by atoms with van der Waals surface area (Å²) in [6, 6.07) is 13.0. The van der Waals surface area contributed by atoms with Gasteiger partial charge in [-0.3, -0.25) is 9.59 Å². The molecule has 1 aliphatic carbocycles. The Labute approximate surface area is 176 Å². The second-order valence-corrected chi connectivity index (χ2v) is 6.96. The predicted molar refractivity (Wildman–Crippen MR) is 113 cm³/mol. The Morgan fingerprint density at radius 2 is 1.67 bits per heavy atom. The molecule has 0 heterocycles. The minimum absolute atomic E-state index is 0.219. The summed E-state index contributed by atoms with van der Waals surface area (Å²) in [5.41, 5.74) is 2.60. The molecule has 0 radical (unpaired) electrons. The minimum Gasteiger partial charge on any atom is -0.497 e. The molecule has 0 N–H and O–H groups in total. The third-order valence-electron chi connectivity index (χ3n) is 5.30. The Kier molecular flexibility index (Phi) is 6.77. The zero-order chi connectivity index (χ0) is 21.7. The largest absolute Gasteiger partial charge is 0.497 e. The third kappa shape index (κ3) is 4.32. The SMILES string of the molecule is CCOC(=O)[C@H]1C(=O)C=C(c2ccc(OC)cc2)C[C@H]1c1ccc(OC)c(OC)c1. The van der Waals surface area contributed by atoms with Gasteiger partial charge in [-0.25, -0.2) is 0 Å². The first kappa shape index (κ1) is 21.4. The second-order valence-electron chi connectivity index (χ2n) is 6.96. The maximum absolute atomic E-state index is 13.0. The van der Waals surface area contributed by atoms with Gasteiger partial charge in [0.15, 0.2) is 17.3 Å². The van der Waals surface area contributed by atoms with Crippen molar-refractivity contribution in [1.29, 1.82) is 0 Å². The molecular formula is C24H26O6. The van der Waals surface area contributed by atoms with Crippen molar-refractivity contribution in [3.05, 3.63) is 59.7 Å². The van der Waals surface area contributed by atoms with Gasteiger partial charge in [0.2, 0.25) is 0 Å². The molecule has 0 aromatic heterocycles. The molecule has 30 heavy (non-hydrogen) atoms. The number of allylic oxidation sites excluding steroid dienone is 2. The molecule has 0 spiro atoms. The average molecular weight is 410 g/mol. The van der Waals surface area contributed by atoms with Crippen molar-refractivity contribution in [2.45, 2.75) is 19.3 Å². The number of carbonyl (C=O) groups is 2. The molecule has 0 amide bonds. The van der Waals surface area contributed by atoms with Gasteiger partial charge >= 0.3 is 5.97 Å². The first-order chi connectivity index (χ1) is 14.5. The van der Waals surface area contributed by atoms with Gasteiger partial charge in [-0.05, 0) is 60.4 Å². The van der Waals surface area contributed by atoms with Crippen LogP contribution in [-0.2, 0) is 14.3 Å². The highest BCUT2D eigenvalue weighted by molar-refractivity contribution is 6.10. The van der Waals surface area contributed by atoms with E-state index >= 15 is 0 Å². The molecule has 0 fully saturated rings. The van der Waals surface area contributed by atoms with Crippen LogP contribution in [0.4, 0.5) is 0 Å². The standard InChI is InChI=1S/C24H26O6/c1-5-30-24(26)23-19(16-8-11-21(28-3)22(14-16)29-4)12-17(13-20(23)25)15-6-9-18(27-2)10-7-15/h6-11,13-14,19,23H,5,12H2,1-4H3/t19-,23+/m0/s1. The van der Waals surface area contributed by atoms with Gasteiger partial charge in [-0.1, -0.05) is 18.2 Å². The summed E-state index contributed by atoms with van der Waals surface area (Å²) in [5.74, 6) is -0.170. The fourth-order valence-corrected chi connectivity index (χ4v) is 3.79. The fourth-order valence-electron chi connectivity index (χ4n) is 3.79. The number of ether oxygens (including phenoxy) is 4. The summed E-state index contributed by atoms with van der Waals surface area (Å²) in [4.78, 5) is 25.7. The lowest BCUT2D eigenvalue weighted by Crippen LogP contribution is -2.34. The summed E-state index contributed by atoms with van der Waals surface area (Å²) in [6.07, 6.45) is 2.07. The topological polar surface area (TPSA) is 71.1 Å². The third-order valence-corrected chi connectivity index (χ3v) is 5.30. The number of hydrogen-bond acceptors (Lipinski definition) is 6. The van der Waals surface area contributed by atoms with Crippen LogP contribution in [0.5, 0.6) is 17.2 Å². The van der Waals surface area contributed by atoms with E-state index in [0.29, 0.717) is 17.9 Å². The monoisotopic (exact) mass is 410 g/mol. The van der Waals surface area contributed by atoms with Crippen LogP contribution in [0.2, 0.25) is 0 Å². The van der Waals surface area contributed by atoms with E-state index in [1.807, 2.05) is 36.4 Å². The predicted octanol–water partition coefficient (Wildman–Crippen LogP) is 4.03. The molecule has 0 saturated carbocycles. The van der Waals surface area contributed by atoms with Crippen LogP contribution in [0.3, 0.4) is 0 Å². The number of esters is 1. The summed E-state index contributed by atoms with van der Waals surface area (Å²) in [6.45, 7) is 1.95. The number of benzene rings is 2. The highest BCUT2D eigenvalue weighted by atomic mass is 16.5. The lowest BCUT2D eigenvalue weighted by atomic mass is 9.73. The van der Waals surface area contributed by atoms with E-state index in [2.05, 4.69) is 0 Å². The van der Waals surface area contributed by atoms with Crippen LogP contribution in [0, 0.1) is 5.92 Å². The summed E-state index contributed by atoms with van der Waals surface area (Å²) in [5, 5.41) is 0. The van der Waals surface area contributed by atoms with Gasteiger partial charge in [0.1, 0.15) is 11.7 Å². The van der Waals surface area contributed by atoms with Crippen molar-refractivity contribution in [2.75, 3.05) is 27.9 Å². The average Bonchev–Trinajstić information content (AvgIpc) is 2.78. The van der Waals surface area contributed by atoms with Gasteiger partial charge in [0.05, 0.1) is 27.9 Å². The highest BCUT2D eigenvalue weighted by Crippen LogP contribution is 2.42. The van der Waals surface area contributed by atoms with Gasteiger partial charge in [0, 0.05) is 5.92 Å². The summed E-state index contributed by atoms with van der Waals surface area (Å²) in [7, 11) is 4.72. The molecule has 6 heteroatoms. The Morgan fingerprint density at radius 1 is 0.967 bits per heavy atom. The maximum atomic E-state index is 13.0. The first-order valence-corrected chi connectivity index (χ1v) is 9.79. The van der Waals surface area contributed by atoms with E-state index in [1.54, 1.807) is 40.4 Å². The number of methoxy groups -OCH3 is 3. The smallest absolute Gasteiger partial charge is 0.317 e. The molecule has 2 aromatic rings. The Bertz CT molecular complexity index is 945. The van der Waals surface area contributed by atoms with E-state index in [9.17, 15) is 9.59 Å². The Morgan fingerprint density at radius 3 is 2.27 bits per heavy atom. The summed E-state index contributed by atoms with van der Waals surface area (Å²) < 4.78 is 21.2. The van der Waals surface area contributed by atoms with Crippen LogP contribution >= 0.6 is 0 Å². The molecule has 158 valence electrons. The number of rotatable bonds is 7. The Balaban J connectivity index is 2.03. The van der Waals surface area contributed by atoms with Crippen molar-refractivity contribution in [3.63, 3.8) is 0 Å². The first-order valence-electron chi connectivity index (χ1n) is 9.79. The van der Waals surface area contributed by atoms with Crippen molar-refractivity contribution >= 4 is 17.3 Å². The van der Waals surface area contributed by atoms with E-state index in [1.165, 1.54) is 0 Å². The van der Waals surface area contributed by atoms with E-state index in [-0.39, 0.29) is 18.3 Å². The molecule has 3 rings (SSSR count). The molecule has 2 aromatic carbocycles. The van der Waals surface area contributed by atoms with Gasteiger partial charge in [0.25, 0.3) is 0 Å². The number of carbonyl (C=O) groups excluding carboxylic acids is 2. The zero-order valence-electron chi connectivity index (χ0n) is 17.6. The van der Waals surface area contributed by atoms with Crippen LogP contribution in [0.1, 0.15) is 30.4 Å². The van der Waals surface area contributed by atoms with Gasteiger partial charge in [-0.15, -0.1) is 0 Å². The lowest BCUT2D eigenvalue weighted by Gasteiger charge is -2.30. The maximum Gasteiger partial charge on any atom is 0.317 e. The van der Waals surface area contributed by atoms with Crippen molar-refractivity contribution < 1.29 is 28.5 Å². The quantitative estimate of drug-likeness (QED) is 0.507.